The summed E-state index contributed by atoms with van der Waals surface area (Å²) in [7, 11) is 0. The molecule has 0 bridgehead atoms. The molecule has 2 heteroatoms. The predicted molar refractivity (Wildman–Crippen MR) is 114 cm³/mol. The largest absolute Gasteiger partial charge is 0.478 e. The van der Waals surface area contributed by atoms with Gasteiger partial charge in [0, 0.05) is 6.08 Å². The van der Waals surface area contributed by atoms with Crippen molar-refractivity contribution in [2.75, 3.05) is 0 Å². The van der Waals surface area contributed by atoms with Crippen molar-refractivity contribution < 1.29 is 9.90 Å². The Hall–Kier alpha value is -1.83. The number of unbranched alkanes of at least 4 members (excludes halogenated alkanes) is 4. The van der Waals surface area contributed by atoms with E-state index < -0.39 is 5.97 Å². The normalized spacial score (nSPS) is 20.5. The molecule has 1 fully saturated rings. The molecule has 0 spiro atoms. The molecule has 0 saturated heterocycles. The molecule has 0 amide bonds. The Morgan fingerprint density at radius 2 is 1.70 bits per heavy atom. The lowest BCUT2D eigenvalue weighted by Gasteiger charge is -2.29. The van der Waals surface area contributed by atoms with Gasteiger partial charge in [-0.3, -0.25) is 0 Å². The molecule has 27 heavy (non-hydrogen) atoms. The van der Waals surface area contributed by atoms with E-state index in [0.717, 1.165) is 24.3 Å². The Kier molecular flexibility index (Phi) is 9.97. The molecular weight excluding hydrogens is 332 g/mol. The van der Waals surface area contributed by atoms with E-state index in [1.165, 1.54) is 75.3 Å². The van der Waals surface area contributed by atoms with Crippen LogP contribution in [0.5, 0.6) is 0 Å². The van der Waals surface area contributed by atoms with Crippen LogP contribution in [0.1, 0.15) is 88.2 Å². The Balaban J connectivity index is 1.69. The Bertz CT molecular complexity index is 589. The first-order valence-corrected chi connectivity index (χ1v) is 10.8. The van der Waals surface area contributed by atoms with E-state index in [9.17, 15) is 4.79 Å². The number of hydrogen-bond acceptors (Lipinski definition) is 1. The molecule has 0 heterocycles. The Morgan fingerprint density at radius 1 is 1.00 bits per heavy atom. The van der Waals surface area contributed by atoms with Crippen molar-refractivity contribution in [2.24, 2.45) is 5.92 Å². The summed E-state index contributed by atoms with van der Waals surface area (Å²) in [6.07, 6.45) is 21.3. The van der Waals surface area contributed by atoms with Crippen molar-refractivity contribution >= 4 is 5.97 Å². The molecule has 1 aromatic carbocycles. The highest BCUT2D eigenvalue weighted by Crippen LogP contribution is 2.37. The molecule has 1 aliphatic rings. The van der Waals surface area contributed by atoms with Crippen molar-refractivity contribution in [2.45, 2.75) is 83.5 Å². The van der Waals surface area contributed by atoms with Gasteiger partial charge in [0.05, 0.1) is 0 Å². The molecule has 1 aliphatic carbocycles. The summed E-state index contributed by atoms with van der Waals surface area (Å²) in [5, 5.41) is 8.55. The molecule has 0 aromatic heterocycles. The van der Waals surface area contributed by atoms with Gasteiger partial charge in [-0.25, -0.2) is 4.79 Å². The maximum atomic E-state index is 10.4. The van der Waals surface area contributed by atoms with E-state index >= 15 is 0 Å². The summed E-state index contributed by atoms with van der Waals surface area (Å²) in [5.74, 6) is 0.797. The first kappa shape index (κ1) is 21.5. The van der Waals surface area contributed by atoms with E-state index in [-0.39, 0.29) is 0 Å². The number of benzene rings is 1. The summed E-state index contributed by atoms with van der Waals surface area (Å²) in [6, 6.07) is 9.04. The minimum absolute atomic E-state index is 0.740. The van der Waals surface area contributed by atoms with Gasteiger partial charge in [-0.05, 0) is 55.1 Å². The maximum absolute atomic E-state index is 10.4. The second kappa shape index (κ2) is 12.5. The van der Waals surface area contributed by atoms with E-state index in [1.54, 1.807) is 12.2 Å². The van der Waals surface area contributed by atoms with Gasteiger partial charge in [-0.15, -0.1) is 0 Å². The van der Waals surface area contributed by atoms with Crippen LogP contribution in [0.2, 0.25) is 0 Å². The first-order chi connectivity index (χ1) is 13.2. The van der Waals surface area contributed by atoms with Crippen molar-refractivity contribution in [3.63, 3.8) is 0 Å². The summed E-state index contributed by atoms with van der Waals surface area (Å²) in [6.45, 7) is 2.28. The molecule has 1 N–H and O–H groups in total. The van der Waals surface area contributed by atoms with Crippen LogP contribution in [0, 0.1) is 5.92 Å². The van der Waals surface area contributed by atoms with Crippen LogP contribution in [-0.4, -0.2) is 11.1 Å². The van der Waals surface area contributed by atoms with Crippen LogP contribution in [0.25, 0.3) is 0 Å². The molecule has 2 nitrogen and oxygen atoms in total. The van der Waals surface area contributed by atoms with Crippen LogP contribution >= 0.6 is 0 Å². The number of hydrogen-bond donors (Lipinski definition) is 1. The summed E-state index contributed by atoms with van der Waals surface area (Å²) in [4.78, 5) is 10.4. The summed E-state index contributed by atoms with van der Waals surface area (Å²) < 4.78 is 0. The lowest BCUT2D eigenvalue weighted by Crippen LogP contribution is -2.13. The number of carbonyl (C=O) groups is 1. The van der Waals surface area contributed by atoms with Gasteiger partial charge in [-0.2, -0.15) is 0 Å². The number of rotatable bonds is 11. The highest BCUT2D eigenvalue weighted by atomic mass is 16.4. The van der Waals surface area contributed by atoms with Crippen LogP contribution in [-0.2, 0) is 11.2 Å². The predicted octanol–water partition coefficient (Wildman–Crippen LogP) is 7.06. The van der Waals surface area contributed by atoms with Crippen molar-refractivity contribution in [1.82, 2.24) is 0 Å². The van der Waals surface area contributed by atoms with Crippen molar-refractivity contribution in [3.8, 4) is 0 Å². The minimum Gasteiger partial charge on any atom is -0.478 e. The van der Waals surface area contributed by atoms with E-state index in [2.05, 4.69) is 31.2 Å². The third-order valence-corrected chi connectivity index (χ3v) is 5.85. The van der Waals surface area contributed by atoms with Crippen molar-refractivity contribution in [3.05, 3.63) is 59.7 Å². The fraction of sp³-hybridized carbons (Fsp3) is 0.560. The fourth-order valence-electron chi connectivity index (χ4n) is 4.17. The van der Waals surface area contributed by atoms with E-state index in [0.29, 0.717) is 0 Å². The van der Waals surface area contributed by atoms with Gasteiger partial charge >= 0.3 is 5.97 Å². The van der Waals surface area contributed by atoms with Gasteiger partial charge in [-0.1, -0.05) is 87.9 Å². The first-order valence-electron chi connectivity index (χ1n) is 10.8. The quantitative estimate of drug-likeness (QED) is 0.258. The SMILES string of the molecule is CCCCCCCC1CCC(c2ccc(C/C=C/C=C/C(=O)O)cc2)CC1. The van der Waals surface area contributed by atoms with Crippen LogP contribution < -0.4 is 0 Å². The van der Waals surface area contributed by atoms with E-state index in [1.807, 2.05) is 6.08 Å². The van der Waals surface area contributed by atoms with Crippen LogP contribution in [0.3, 0.4) is 0 Å². The lowest BCUT2D eigenvalue weighted by atomic mass is 9.77. The molecule has 1 saturated carbocycles. The topological polar surface area (TPSA) is 37.3 Å². The number of aliphatic carboxylic acids is 1. The monoisotopic (exact) mass is 368 g/mol. The van der Waals surface area contributed by atoms with Gasteiger partial charge in [0.1, 0.15) is 0 Å². The van der Waals surface area contributed by atoms with E-state index in [4.69, 9.17) is 5.11 Å². The molecule has 0 aliphatic heterocycles. The molecule has 0 unspecified atom stereocenters. The standard InChI is InChI=1S/C25H36O2/c1-2-3-4-5-7-10-21-13-17-23(18-14-21)24-19-15-22(16-20-24)11-8-6-9-12-25(26)27/h6,8-9,12,15-16,19-21,23H,2-5,7,10-11,13-14,17-18H2,1H3,(H,26,27)/b8-6+,12-9+. The molecule has 0 atom stereocenters. The summed E-state index contributed by atoms with van der Waals surface area (Å²) >= 11 is 0. The zero-order valence-electron chi connectivity index (χ0n) is 16.9. The van der Waals surface area contributed by atoms with Gasteiger partial charge in [0.25, 0.3) is 0 Å². The molecule has 2 rings (SSSR count). The number of carboxylic acids is 1. The minimum atomic E-state index is -0.907. The fourth-order valence-corrected chi connectivity index (χ4v) is 4.17. The van der Waals surface area contributed by atoms with Crippen LogP contribution in [0.15, 0.2) is 48.6 Å². The van der Waals surface area contributed by atoms with Crippen LogP contribution in [0.4, 0.5) is 0 Å². The second-order valence-electron chi connectivity index (χ2n) is 7.99. The summed E-state index contributed by atoms with van der Waals surface area (Å²) in [5.41, 5.74) is 2.77. The average Bonchev–Trinajstić information content (AvgIpc) is 2.68. The number of carboxylic acid groups (broad SMARTS) is 1. The molecule has 0 radical (unpaired) electrons. The second-order valence-corrected chi connectivity index (χ2v) is 7.99. The zero-order chi connectivity index (χ0) is 19.3. The smallest absolute Gasteiger partial charge is 0.328 e. The molecule has 1 aromatic rings. The average molecular weight is 369 g/mol. The highest BCUT2D eigenvalue weighted by molar-refractivity contribution is 5.80. The lowest BCUT2D eigenvalue weighted by molar-refractivity contribution is -0.131. The third-order valence-electron chi connectivity index (χ3n) is 5.85. The molecular formula is C25H36O2. The highest BCUT2D eigenvalue weighted by Gasteiger charge is 2.21. The van der Waals surface area contributed by atoms with Gasteiger partial charge in [0.15, 0.2) is 0 Å². The third kappa shape index (κ3) is 8.60. The Morgan fingerprint density at radius 3 is 2.37 bits per heavy atom. The number of allylic oxidation sites excluding steroid dienone is 3. The maximum Gasteiger partial charge on any atom is 0.328 e. The van der Waals surface area contributed by atoms with Gasteiger partial charge in [0.2, 0.25) is 0 Å². The van der Waals surface area contributed by atoms with Crippen molar-refractivity contribution in [1.29, 1.82) is 0 Å². The Labute approximate surface area is 165 Å². The zero-order valence-corrected chi connectivity index (χ0v) is 16.9. The molecule has 148 valence electrons. The van der Waals surface area contributed by atoms with Gasteiger partial charge < -0.3 is 5.11 Å².